The molecule has 8 heavy (non-hydrogen) atoms. The Balaban J connectivity index is 2.37. The third kappa shape index (κ3) is 1.49. The lowest BCUT2D eigenvalue weighted by Crippen LogP contribution is -1.87. The molecular formula is C5H8BrNS. The van der Waals surface area contributed by atoms with E-state index in [0.29, 0.717) is 4.16 Å². The van der Waals surface area contributed by atoms with Gasteiger partial charge in [0.05, 0.1) is 15.7 Å². The quantitative estimate of drug-likeness (QED) is 0.583. The van der Waals surface area contributed by atoms with Crippen LogP contribution < -0.4 is 0 Å². The second kappa shape index (κ2) is 2.87. The summed E-state index contributed by atoms with van der Waals surface area (Å²) in [4.78, 5) is 4.27. The van der Waals surface area contributed by atoms with Crippen molar-refractivity contribution in [2.45, 2.75) is 17.5 Å². The van der Waals surface area contributed by atoms with Gasteiger partial charge in [-0.1, -0.05) is 34.6 Å². The van der Waals surface area contributed by atoms with Crippen LogP contribution in [0.1, 0.15) is 13.3 Å². The third-order valence-electron chi connectivity index (χ3n) is 0.978. The van der Waals surface area contributed by atoms with Gasteiger partial charge in [-0.05, 0) is 6.42 Å². The molecule has 1 unspecified atom stereocenters. The number of hydrogen-bond acceptors (Lipinski definition) is 2. The van der Waals surface area contributed by atoms with Gasteiger partial charge in [0.2, 0.25) is 0 Å². The Morgan fingerprint density at radius 2 is 2.75 bits per heavy atom. The normalized spacial score (nSPS) is 28.2. The van der Waals surface area contributed by atoms with E-state index in [1.807, 2.05) is 11.8 Å². The van der Waals surface area contributed by atoms with Crippen molar-refractivity contribution in [3.63, 3.8) is 0 Å². The number of halogens is 1. The van der Waals surface area contributed by atoms with Crippen LogP contribution in [0.15, 0.2) is 4.99 Å². The van der Waals surface area contributed by atoms with Crippen LogP contribution in [0.2, 0.25) is 0 Å². The highest BCUT2D eigenvalue weighted by Gasteiger charge is 2.13. The molecule has 0 N–H and O–H groups in total. The first-order valence-electron chi connectivity index (χ1n) is 2.67. The maximum atomic E-state index is 4.27. The fourth-order valence-corrected chi connectivity index (χ4v) is 2.14. The Hall–Kier alpha value is 0.500. The van der Waals surface area contributed by atoms with E-state index in [9.17, 15) is 0 Å². The fraction of sp³-hybridized carbons (Fsp3) is 0.800. The first-order chi connectivity index (χ1) is 3.83. The maximum Gasteiger partial charge on any atom is 0.0853 e. The van der Waals surface area contributed by atoms with Crippen LogP contribution in [0.5, 0.6) is 0 Å². The molecule has 0 aromatic carbocycles. The van der Waals surface area contributed by atoms with Crippen molar-refractivity contribution < 1.29 is 0 Å². The highest BCUT2D eigenvalue weighted by molar-refractivity contribution is 9.11. The SMILES string of the molecule is CCC1=NCC(Br)S1. The van der Waals surface area contributed by atoms with Crippen molar-refractivity contribution in [3.05, 3.63) is 0 Å². The molecule has 46 valence electrons. The average molecular weight is 194 g/mol. The topological polar surface area (TPSA) is 12.4 Å². The van der Waals surface area contributed by atoms with E-state index in [1.54, 1.807) is 0 Å². The minimum absolute atomic E-state index is 0.553. The van der Waals surface area contributed by atoms with Gasteiger partial charge in [-0.2, -0.15) is 0 Å². The molecule has 0 saturated heterocycles. The lowest BCUT2D eigenvalue weighted by atomic mass is 10.5. The monoisotopic (exact) mass is 193 g/mol. The molecule has 0 bridgehead atoms. The zero-order valence-corrected chi connectivity index (χ0v) is 7.13. The molecule has 1 rings (SSSR count). The van der Waals surface area contributed by atoms with E-state index < -0.39 is 0 Å². The summed E-state index contributed by atoms with van der Waals surface area (Å²) >= 11 is 5.30. The van der Waals surface area contributed by atoms with Gasteiger partial charge in [0.25, 0.3) is 0 Å². The Morgan fingerprint density at radius 3 is 3.00 bits per heavy atom. The lowest BCUT2D eigenvalue weighted by molar-refractivity contribution is 1.13. The van der Waals surface area contributed by atoms with Crippen LogP contribution in [-0.2, 0) is 0 Å². The van der Waals surface area contributed by atoms with E-state index in [-0.39, 0.29) is 0 Å². The van der Waals surface area contributed by atoms with Crippen LogP contribution in [0.25, 0.3) is 0 Å². The van der Waals surface area contributed by atoms with Crippen LogP contribution in [0.4, 0.5) is 0 Å². The van der Waals surface area contributed by atoms with Gasteiger partial charge < -0.3 is 0 Å². The van der Waals surface area contributed by atoms with Crippen LogP contribution in [-0.4, -0.2) is 15.7 Å². The Morgan fingerprint density at radius 1 is 2.00 bits per heavy atom. The number of thioether (sulfide) groups is 1. The summed E-state index contributed by atoms with van der Waals surface area (Å²) in [5, 5.41) is 1.28. The van der Waals surface area contributed by atoms with Crippen molar-refractivity contribution in [2.24, 2.45) is 4.99 Å². The van der Waals surface area contributed by atoms with Crippen molar-refractivity contribution in [1.29, 1.82) is 0 Å². The number of hydrogen-bond donors (Lipinski definition) is 0. The van der Waals surface area contributed by atoms with Gasteiger partial charge in [0.1, 0.15) is 0 Å². The number of alkyl halides is 1. The molecule has 0 radical (unpaired) electrons. The smallest absolute Gasteiger partial charge is 0.0853 e. The zero-order chi connectivity index (χ0) is 5.98. The predicted molar refractivity (Wildman–Crippen MR) is 42.9 cm³/mol. The van der Waals surface area contributed by atoms with Crippen LogP contribution in [0.3, 0.4) is 0 Å². The van der Waals surface area contributed by atoms with Crippen molar-refractivity contribution >= 4 is 32.7 Å². The largest absolute Gasteiger partial charge is 0.281 e. The lowest BCUT2D eigenvalue weighted by Gasteiger charge is -1.92. The van der Waals surface area contributed by atoms with Gasteiger partial charge in [0.15, 0.2) is 0 Å². The molecule has 0 saturated carbocycles. The van der Waals surface area contributed by atoms with Gasteiger partial charge in [0, 0.05) is 0 Å². The van der Waals surface area contributed by atoms with Gasteiger partial charge in [-0.15, -0.1) is 0 Å². The molecule has 3 heteroatoms. The second-order valence-corrected chi connectivity index (χ2v) is 4.60. The van der Waals surface area contributed by atoms with Crippen molar-refractivity contribution in [3.8, 4) is 0 Å². The molecule has 1 nitrogen and oxygen atoms in total. The molecule has 0 fully saturated rings. The molecule has 0 aromatic heterocycles. The first kappa shape index (κ1) is 6.62. The third-order valence-corrected chi connectivity index (χ3v) is 2.92. The summed E-state index contributed by atoms with van der Waals surface area (Å²) < 4.78 is 0.553. The highest BCUT2D eigenvalue weighted by atomic mass is 79.9. The summed E-state index contributed by atoms with van der Waals surface area (Å²) in [7, 11) is 0. The van der Waals surface area contributed by atoms with E-state index in [2.05, 4.69) is 27.8 Å². The number of nitrogens with zero attached hydrogens (tertiary/aromatic N) is 1. The van der Waals surface area contributed by atoms with Gasteiger partial charge in [-0.3, -0.25) is 4.99 Å². The molecule has 0 amide bonds. The second-order valence-electron chi connectivity index (χ2n) is 1.62. The summed E-state index contributed by atoms with van der Waals surface area (Å²) in [5.41, 5.74) is 0. The molecule has 0 aliphatic carbocycles. The minimum Gasteiger partial charge on any atom is -0.281 e. The minimum atomic E-state index is 0.553. The predicted octanol–water partition coefficient (Wildman–Crippen LogP) is 2.26. The Labute approximate surface area is 62.1 Å². The van der Waals surface area contributed by atoms with Crippen LogP contribution in [0, 0.1) is 0 Å². The maximum absolute atomic E-state index is 4.27. The Bertz CT molecular complexity index is 113. The van der Waals surface area contributed by atoms with Crippen LogP contribution >= 0.6 is 27.7 Å². The van der Waals surface area contributed by atoms with E-state index in [1.165, 1.54) is 5.04 Å². The van der Waals surface area contributed by atoms with E-state index >= 15 is 0 Å². The molecule has 1 aliphatic heterocycles. The summed E-state index contributed by atoms with van der Waals surface area (Å²) in [6, 6.07) is 0. The molecule has 1 atom stereocenters. The zero-order valence-electron chi connectivity index (χ0n) is 4.72. The van der Waals surface area contributed by atoms with Crippen molar-refractivity contribution in [2.75, 3.05) is 6.54 Å². The van der Waals surface area contributed by atoms with Crippen molar-refractivity contribution in [1.82, 2.24) is 0 Å². The first-order valence-corrected chi connectivity index (χ1v) is 4.46. The summed E-state index contributed by atoms with van der Waals surface area (Å²) in [5.74, 6) is 0. The molecule has 0 spiro atoms. The van der Waals surface area contributed by atoms with E-state index in [0.717, 1.165) is 13.0 Å². The number of rotatable bonds is 1. The standard InChI is InChI=1S/C5H8BrNS/c1-2-5-7-3-4(6)8-5/h4H,2-3H2,1H3. The molecule has 1 aliphatic rings. The molecule has 0 aromatic rings. The van der Waals surface area contributed by atoms with Gasteiger partial charge >= 0.3 is 0 Å². The number of aliphatic imine (C=N–C) groups is 1. The molecular weight excluding hydrogens is 186 g/mol. The average Bonchev–Trinajstić information content (AvgIpc) is 2.14. The highest BCUT2D eigenvalue weighted by Crippen LogP contribution is 2.26. The van der Waals surface area contributed by atoms with E-state index in [4.69, 9.17) is 0 Å². The van der Waals surface area contributed by atoms with Gasteiger partial charge in [-0.25, -0.2) is 0 Å². The molecule has 1 heterocycles. The summed E-state index contributed by atoms with van der Waals surface area (Å²) in [6.45, 7) is 3.09. The summed E-state index contributed by atoms with van der Waals surface area (Å²) in [6.07, 6.45) is 1.09. The Kier molecular flexibility index (Phi) is 2.38. The fourth-order valence-electron chi connectivity index (χ4n) is 0.591.